The van der Waals surface area contributed by atoms with Gasteiger partial charge in [-0.05, 0) is 31.5 Å². The number of nitriles is 1. The molecule has 0 aromatic carbocycles. The topological polar surface area (TPSA) is 73.6 Å². The van der Waals surface area contributed by atoms with Crippen LogP contribution in [0.4, 0.5) is 10.9 Å². The molecule has 0 aliphatic carbocycles. The van der Waals surface area contributed by atoms with Crippen molar-refractivity contribution in [2.24, 2.45) is 0 Å². The van der Waals surface area contributed by atoms with Gasteiger partial charge in [-0.3, -0.25) is 0 Å². The normalized spacial score (nSPS) is 18.2. The Morgan fingerprint density at radius 3 is 3.26 bits per heavy atom. The molecule has 96 valence electrons. The monoisotopic (exact) mass is 271 g/mol. The fraction of sp³-hybridized carbons (Fsp3) is 0.308. The summed E-state index contributed by atoms with van der Waals surface area (Å²) in [4.78, 5) is 8.74. The van der Waals surface area contributed by atoms with E-state index in [1.54, 1.807) is 29.7 Å². The van der Waals surface area contributed by atoms with Crippen LogP contribution in [0.2, 0.25) is 0 Å². The van der Waals surface area contributed by atoms with Gasteiger partial charge in [-0.15, -0.1) is 11.3 Å². The van der Waals surface area contributed by atoms with E-state index in [4.69, 9.17) is 5.26 Å². The first kappa shape index (κ1) is 12.1. The fourth-order valence-corrected chi connectivity index (χ4v) is 2.89. The van der Waals surface area contributed by atoms with Gasteiger partial charge in [-0.2, -0.15) is 5.26 Å². The van der Waals surface area contributed by atoms with E-state index >= 15 is 0 Å². The Morgan fingerprint density at radius 2 is 2.47 bits per heavy atom. The highest BCUT2D eigenvalue weighted by Gasteiger charge is 2.18. The van der Waals surface area contributed by atoms with E-state index in [0.717, 1.165) is 23.8 Å². The molecule has 1 saturated heterocycles. The summed E-state index contributed by atoms with van der Waals surface area (Å²) < 4.78 is 0. The smallest absolute Gasteiger partial charge is 0.188 e. The molecule has 2 aromatic heterocycles. The van der Waals surface area contributed by atoms with Gasteiger partial charge in [0.05, 0.1) is 23.4 Å². The highest BCUT2D eigenvalue weighted by Crippen LogP contribution is 2.27. The van der Waals surface area contributed by atoms with Crippen molar-refractivity contribution in [2.45, 2.75) is 18.9 Å². The molecule has 0 radical (unpaired) electrons. The van der Waals surface area contributed by atoms with Crippen molar-refractivity contribution in [2.75, 3.05) is 11.9 Å². The summed E-state index contributed by atoms with van der Waals surface area (Å²) in [6.07, 6.45) is 3.97. The number of nitrogens with zero attached hydrogens (tertiary/aromatic N) is 3. The number of anilines is 2. The van der Waals surface area contributed by atoms with Crippen LogP contribution in [-0.2, 0) is 0 Å². The number of hydrogen-bond acceptors (Lipinski definition) is 6. The average molecular weight is 271 g/mol. The van der Waals surface area contributed by atoms with Crippen molar-refractivity contribution in [1.82, 2.24) is 15.3 Å². The minimum Gasteiger partial charge on any atom is -0.316 e. The maximum atomic E-state index is 8.85. The average Bonchev–Trinajstić information content (AvgIpc) is 3.09. The molecule has 3 rings (SSSR count). The summed E-state index contributed by atoms with van der Waals surface area (Å²) in [5.41, 5.74) is 1.67. The third kappa shape index (κ3) is 2.72. The van der Waals surface area contributed by atoms with Crippen molar-refractivity contribution in [1.29, 1.82) is 5.26 Å². The Labute approximate surface area is 115 Å². The zero-order valence-corrected chi connectivity index (χ0v) is 11.1. The second-order valence-corrected chi connectivity index (χ2v) is 5.25. The molecular formula is C13H13N5S. The number of aromatic nitrogens is 2. The van der Waals surface area contributed by atoms with Crippen molar-refractivity contribution in [3.8, 4) is 6.07 Å². The molecule has 6 heteroatoms. The van der Waals surface area contributed by atoms with Gasteiger partial charge in [0.15, 0.2) is 5.13 Å². The van der Waals surface area contributed by atoms with E-state index in [1.807, 2.05) is 0 Å². The number of nitrogens with one attached hydrogen (secondary N) is 2. The molecule has 1 atom stereocenters. The van der Waals surface area contributed by atoms with Crippen LogP contribution in [0.25, 0.3) is 0 Å². The van der Waals surface area contributed by atoms with Gasteiger partial charge < -0.3 is 10.6 Å². The molecule has 2 aromatic rings. The summed E-state index contributed by atoms with van der Waals surface area (Å²) >= 11 is 1.56. The molecule has 0 saturated carbocycles. The molecule has 0 spiro atoms. The Bertz CT molecular complexity index is 609. The van der Waals surface area contributed by atoms with E-state index in [1.165, 1.54) is 6.42 Å². The molecule has 3 heterocycles. The predicted octanol–water partition coefficient (Wildman–Crippen LogP) is 2.58. The maximum absolute atomic E-state index is 8.85. The molecule has 5 nitrogen and oxygen atoms in total. The largest absolute Gasteiger partial charge is 0.316 e. The van der Waals surface area contributed by atoms with Crippen molar-refractivity contribution >= 4 is 22.3 Å². The van der Waals surface area contributed by atoms with Crippen molar-refractivity contribution < 1.29 is 0 Å². The first-order valence-corrected chi connectivity index (χ1v) is 7.05. The maximum Gasteiger partial charge on any atom is 0.188 e. The van der Waals surface area contributed by atoms with Crippen LogP contribution in [0.1, 0.15) is 30.1 Å². The first-order valence-electron chi connectivity index (χ1n) is 6.17. The van der Waals surface area contributed by atoms with Gasteiger partial charge in [-0.1, -0.05) is 0 Å². The van der Waals surface area contributed by atoms with Crippen molar-refractivity contribution in [3.05, 3.63) is 35.0 Å². The van der Waals surface area contributed by atoms with Gasteiger partial charge >= 0.3 is 0 Å². The number of thiazole rings is 1. The second-order valence-electron chi connectivity index (χ2n) is 4.39. The summed E-state index contributed by atoms with van der Waals surface area (Å²) in [5, 5.41) is 18.3. The molecule has 0 amide bonds. The number of hydrogen-bond donors (Lipinski definition) is 2. The lowest BCUT2D eigenvalue weighted by Gasteiger charge is -2.05. The first-order chi connectivity index (χ1) is 9.35. The van der Waals surface area contributed by atoms with Crippen LogP contribution in [0.3, 0.4) is 0 Å². The third-order valence-electron chi connectivity index (χ3n) is 3.06. The van der Waals surface area contributed by atoms with E-state index < -0.39 is 0 Å². The fourth-order valence-electron chi connectivity index (χ4n) is 2.12. The van der Waals surface area contributed by atoms with Crippen LogP contribution in [0.5, 0.6) is 0 Å². The number of rotatable bonds is 3. The molecule has 19 heavy (non-hydrogen) atoms. The van der Waals surface area contributed by atoms with Gasteiger partial charge in [0, 0.05) is 11.6 Å². The van der Waals surface area contributed by atoms with Crippen LogP contribution in [0.15, 0.2) is 23.7 Å². The minimum absolute atomic E-state index is 0.380. The lowest BCUT2D eigenvalue weighted by Crippen LogP contribution is -2.13. The molecule has 1 aliphatic heterocycles. The van der Waals surface area contributed by atoms with Crippen molar-refractivity contribution in [3.63, 3.8) is 0 Å². The molecule has 0 bridgehead atoms. The van der Waals surface area contributed by atoms with Gasteiger partial charge in [0.25, 0.3) is 0 Å². The minimum atomic E-state index is 0.380. The van der Waals surface area contributed by atoms with Crippen LogP contribution in [-0.4, -0.2) is 16.5 Å². The van der Waals surface area contributed by atoms with Crippen LogP contribution >= 0.6 is 11.3 Å². The summed E-state index contributed by atoms with van der Waals surface area (Å²) in [5.74, 6) is 0.652. The molecular weight excluding hydrogens is 258 g/mol. The zero-order chi connectivity index (χ0) is 13.1. The SMILES string of the molecule is N#Cc1ccnc(Nc2nc([C@@H]3CCCN3)cs2)c1. The Hall–Kier alpha value is -1.97. The standard InChI is InChI=1S/C13H13N5S/c14-7-9-3-5-16-12(6-9)18-13-17-11(8-19-13)10-2-1-4-15-10/h3,5-6,8,10,15H,1-2,4H2,(H,16,17,18)/t10-/m0/s1. The van der Waals surface area contributed by atoms with E-state index in [2.05, 4.69) is 32.1 Å². The molecule has 2 N–H and O–H groups in total. The van der Waals surface area contributed by atoms with Crippen LogP contribution in [0, 0.1) is 11.3 Å². The molecule has 0 unspecified atom stereocenters. The van der Waals surface area contributed by atoms with Gasteiger partial charge in [0.2, 0.25) is 0 Å². The highest BCUT2D eigenvalue weighted by molar-refractivity contribution is 7.13. The Balaban J connectivity index is 1.74. The van der Waals surface area contributed by atoms with E-state index in [9.17, 15) is 0 Å². The van der Waals surface area contributed by atoms with E-state index in [-0.39, 0.29) is 0 Å². The summed E-state index contributed by atoms with van der Waals surface area (Å²) in [6.45, 7) is 1.07. The lowest BCUT2D eigenvalue weighted by atomic mass is 10.2. The summed E-state index contributed by atoms with van der Waals surface area (Å²) in [7, 11) is 0. The third-order valence-corrected chi connectivity index (χ3v) is 3.84. The predicted molar refractivity (Wildman–Crippen MR) is 74.3 cm³/mol. The van der Waals surface area contributed by atoms with Gasteiger partial charge in [-0.25, -0.2) is 9.97 Å². The summed E-state index contributed by atoms with van der Waals surface area (Å²) in [6, 6.07) is 5.87. The molecule has 1 aliphatic rings. The lowest BCUT2D eigenvalue weighted by molar-refractivity contribution is 0.632. The van der Waals surface area contributed by atoms with Gasteiger partial charge in [0.1, 0.15) is 5.82 Å². The Kier molecular flexibility index (Phi) is 3.40. The second kappa shape index (κ2) is 5.34. The molecule has 1 fully saturated rings. The number of pyridine rings is 1. The zero-order valence-electron chi connectivity index (χ0n) is 10.3. The van der Waals surface area contributed by atoms with E-state index in [0.29, 0.717) is 17.4 Å². The Morgan fingerprint density at radius 1 is 1.53 bits per heavy atom. The quantitative estimate of drug-likeness (QED) is 0.897. The van der Waals surface area contributed by atoms with Crippen LogP contribution < -0.4 is 10.6 Å². The highest BCUT2D eigenvalue weighted by atomic mass is 32.1.